The zero-order valence-electron chi connectivity index (χ0n) is 9.95. The van der Waals surface area contributed by atoms with E-state index < -0.39 is 23.3 Å². The molecule has 0 aliphatic rings. The fraction of sp³-hybridized carbons (Fsp3) is 0.0714. The molecule has 6 heteroatoms. The predicted molar refractivity (Wildman–Crippen MR) is 63.3 cm³/mol. The third-order valence-electron chi connectivity index (χ3n) is 2.49. The van der Waals surface area contributed by atoms with Crippen LogP contribution in [0.25, 0.3) is 0 Å². The summed E-state index contributed by atoms with van der Waals surface area (Å²) >= 11 is 0. The van der Waals surface area contributed by atoms with Gasteiger partial charge in [0.25, 0.3) is 0 Å². The number of ether oxygens (including phenoxy) is 1. The lowest BCUT2D eigenvalue weighted by Gasteiger charge is -2.14. The number of hydrogen-bond donors (Lipinski definition) is 0. The molecule has 0 aromatic heterocycles. The van der Waals surface area contributed by atoms with E-state index in [1.54, 1.807) is 0 Å². The largest absolute Gasteiger partial charge is 0.457 e. The van der Waals surface area contributed by atoms with Gasteiger partial charge < -0.3 is 4.74 Å². The second kappa shape index (κ2) is 5.32. The van der Waals surface area contributed by atoms with E-state index in [1.165, 1.54) is 18.2 Å². The third-order valence-corrected chi connectivity index (χ3v) is 2.49. The van der Waals surface area contributed by atoms with Gasteiger partial charge in [-0.2, -0.15) is 13.2 Å². The van der Waals surface area contributed by atoms with E-state index in [0.717, 1.165) is 18.2 Å². The van der Waals surface area contributed by atoms with Crippen molar-refractivity contribution in [2.24, 2.45) is 0 Å². The maximum Gasteiger partial charge on any atom is 0.420 e. The van der Waals surface area contributed by atoms with Gasteiger partial charge in [0.1, 0.15) is 23.6 Å². The highest BCUT2D eigenvalue weighted by atomic mass is 19.4. The molecule has 0 saturated heterocycles. The van der Waals surface area contributed by atoms with Crippen molar-refractivity contribution in [3.8, 4) is 11.5 Å². The number of halogens is 4. The molecule has 2 rings (SSSR count). The number of carbonyl (C=O) groups excluding carboxylic acids is 1. The minimum Gasteiger partial charge on any atom is -0.457 e. The number of carbonyl (C=O) groups is 1. The standard InChI is InChI=1S/C14H8F4O2/c15-10-2-4-11(5-3-10)20-13-6-1-9(8-19)7-12(13)14(16,17)18/h1-8H. The molecule has 0 aliphatic carbocycles. The first-order valence-corrected chi connectivity index (χ1v) is 5.50. The van der Waals surface area contributed by atoms with E-state index >= 15 is 0 Å². The Kier molecular flexibility index (Phi) is 3.74. The first-order valence-electron chi connectivity index (χ1n) is 5.50. The molecule has 20 heavy (non-hydrogen) atoms. The highest BCUT2D eigenvalue weighted by Gasteiger charge is 2.34. The number of aldehydes is 1. The Bertz CT molecular complexity index is 618. The van der Waals surface area contributed by atoms with E-state index in [4.69, 9.17) is 4.74 Å². The van der Waals surface area contributed by atoms with E-state index in [9.17, 15) is 22.4 Å². The fourth-order valence-electron chi connectivity index (χ4n) is 1.56. The summed E-state index contributed by atoms with van der Waals surface area (Å²) in [7, 11) is 0. The Hall–Kier alpha value is -2.37. The highest BCUT2D eigenvalue weighted by Crippen LogP contribution is 2.38. The Morgan fingerprint density at radius 1 is 1.00 bits per heavy atom. The van der Waals surface area contributed by atoms with Crippen LogP contribution in [-0.2, 0) is 6.18 Å². The molecule has 0 heterocycles. The number of hydrogen-bond acceptors (Lipinski definition) is 2. The van der Waals surface area contributed by atoms with Gasteiger partial charge in [-0.25, -0.2) is 4.39 Å². The fourth-order valence-corrected chi connectivity index (χ4v) is 1.56. The Balaban J connectivity index is 2.40. The molecule has 2 aromatic carbocycles. The highest BCUT2D eigenvalue weighted by molar-refractivity contribution is 5.75. The molecule has 2 nitrogen and oxygen atoms in total. The van der Waals surface area contributed by atoms with E-state index in [2.05, 4.69) is 0 Å². The molecule has 2 aromatic rings. The topological polar surface area (TPSA) is 26.3 Å². The van der Waals surface area contributed by atoms with E-state index in [1.807, 2.05) is 0 Å². The van der Waals surface area contributed by atoms with Gasteiger partial charge in [-0.1, -0.05) is 0 Å². The molecule has 104 valence electrons. The summed E-state index contributed by atoms with van der Waals surface area (Å²) in [5.41, 5.74) is -1.17. The Labute approximate surface area is 111 Å². The van der Waals surface area contributed by atoms with Crippen molar-refractivity contribution in [3.63, 3.8) is 0 Å². The van der Waals surface area contributed by atoms with E-state index in [0.29, 0.717) is 12.4 Å². The lowest BCUT2D eigenvalue weighted by Crippen LogP contribution is -2.08. The summed E-state index contributed by atoms with van der Waals surface area (Å²) in [5, 5.41) is 0. The van der Waals surface area contributed by atoms with E-state index in [-0.39, 0.29) is 11.3 Å². The van der Waals surface area contributed by atoms with Crippen LogP contribution in [0.3, 0.4) is 0 Å². The second-order valence-electron chi connectivity index (χ2n) is 3.93. The lowest BCUT2D eigenvalue weighted by atomic mass is 10.1. The molecule has 0 bridgehead atoms. The summed E-state index contributed by atoms with van der Waals surface area (Å²) in [6.07, 6.45) is -4.34. The zero-order chi connectivity index (χ0) is 14.8. The quantitative estimate of drug-likeness (QED) is 0.615. The van der Waals surface area contributed by atoms with Crippen LogP contribution in [0.1, 0.15) is 15.9 Å². The van der Waals surface area contributed by atoms with Gasteiger partial charge in [-0.15, -0.1) is 0 Å². The van der Waals surface area contributed by atoms with Crippen molar-refractivity contribution >= 4 is 6.29 Å². The van der Waals surface area contributed by atoms with Crippen LogP contribution in [-0.4, -0.2) is 6.29 Å². The SMILES string of the molecule is O=Cc1ccc(Oc2ccc(F)cc2)c(C(F)(F)F)c1. The molecule has 0 saturated carbocycles. The van der Waals surface area contributed by atoms with Crippen LogP contribution < -0.4 is 4.74 Å². The van der Waals surface area contributed by atoms with Crippen LogP contribution in [0.4, 0.5) is 17.6 Å². The molecule has 0 amide bonds. The third kappa shape index (κ3) is 3.14. The van der Waals surface area contributed by atoms with Gasteiger partial charge in [0, 0.05) is 5.56 Å². The maximum absolute atomic E-state index is 12.9. The summed E-state index contributed by atoms with van der Waals surface area (Å²) in [6.45, 7) is 0. The van der Waals surface area contributed by atoms with Gasteiger partial charge in [0.2, 0.25) is 0 Å². The van der Waals surface area contributed by atoms with Gasteiger partial charge >= 0.3 is 6.18 Å². The van der Waals surface area contributed by atoms with Gasteiger partial charge in [-0.05, 0) is 42.5 Å². The normalized spacial score (nSPS) is 11.2. The predicted octanol–water partition coefficient (Wildman–Crippen LogP) is 4.45. The minimum atomic E-state index is -4.66. The summed E-state index contributed by atoms with van der Waals surface area (Å²) in [6, 6.07) is 7.53. The number of benzene rings is 2. The molecule has 0 aliphatic heterocycles. The molecule has 0 fully saturated rings. The Morgan fingerprint density at radius 3 is 2.20 bits per heavy atom. The molecule has 0 unspecified atom stereocenters. The van der Waals surface area contributed by atoms with Crippen molar-refractivity contribution in [1.82, 2.24) is 0 Å². The van der Waals surface area contributed by atoms with Crippen molar-refractivity contribution < 1.29 is 27.1 Å². The molecular weight excluding hydrogens is 276 g/mol. The summed E-state index contributed by atoms with van der Waals surface area (Å²) in [5.74, 6) is -0.907. The van der Waals surface area contributed by atoms with Crippen LogP contribution in [0.2, 0.25) is 0 Å². The van der Waals surface area contributed by atoms with Crippen LogP contribution in [0, 0.1) is 5.82 Å². The number of alkyl halides is 3. The molecular formula is C14H8F4O2. The van der Waals surface area contributed by atoms with Crippen LogP contribution in [0.15, 0.2) is 42.5 Å². The molecule has 0 radical (unpaired) electrons. The average Bonchev–Trinajstić information content (AvgIpc) is 2.40. The lowest BCUT2D eigenvalue weighted by molar-refractivity contribution is -0.138. The van der Waals surface area contributed by atoms with Gasteiger partial charge in [-0.3, -0.25) is 4.79 Å². The molecule has 0 atom stereocenters. The summed E-state index contributed by atoms with van der Waals surface area (Å²) < 4.78 is 56.4. The molecule has 0 spiro atoms. The molecule has 0 N–H and O–H groups in total. The zero-order valence-corrected chi connectivity index (χ0v) is 9.95. The Morgan fingerprint density at radius 2 is 1.65 bits per heavy atom. The van der Waals surface area contributed by atoms with Crippen molar-refractivity contribution in [2.75, 3.05) is 0 Å². The maximum atomic E-state index is 12.9. The first-order chi connectivity index (χ1) is 9.40. The van der Waals surface area contributed by atoms with Crippen LogP contribution in [0.5, 0.6) is 11.5 Å². The van der Waals surface area contributed by atoms with Crippen LogP contribution >= 0.6 is 0 Å². The summed E-state index contributed by atoms with van der Waals surface area (Å²) in [4.78, 5) is 10.5. The smallest absolute Gasteiger partial charge is 0.420 e. The first kappa shape index (κ1) is 14.0. The second-order valence-corrected chi connectivity index (χ2v) is 3.93. The monoisotopic (exact) mass is 284 g/mol. The minimum absolute atomic E-state index is 0.0655. The van der Waals surface area contributed by atoms with Gasteiger partial charge in [0.15, 0.2) is 0 Å². The average molecular weight is 284 g/mol. The van der Waals surface area contributed by atoms with Gasteiger partial charge in [0.05, 0.1) is 5.56 Å². The number of rotatable bonds is 3. The van der Waals surface area contributed by atoms with Crippen molar-refractivity contribution in [3.05, 3.63) is 59.4 Å². The van der Waals surface area contributed by atoms with Crippen molar-refractivity contribution in [1.29, 1.82) is 0 Å². The van der Waals surface area contributed by atoms with Crippen molar-refractivity contribution in [2.45, 2.75) is 6.18 Å².